The first kappa shape index (κ1) is 24.7. The summed E-state index contributed by atoms with van der Waals surface area (Å²) in [4.78, 5) is 23.6. The lowest BCUT2D eigenvalue weighted by Crippen LogP contribution is -2.55. The maximum Gasteiger partial charge on any atom is 0.236 e. The third-order valence-corrected chi connectivity index (χ3v) is 5.13. The van der Waals surface area contributed by atoms with E-state index in [4.69, 9.17) is 14.1 Å². The van der Waals surface area contributed by atoms with Crippen LogP contribution in [0, 0.1) is 0 Å². The molecule has 0 bridgehead atoms. The molecule has 1 amide bonds. The Kier molecular flexibility index (Phi) is 10.7. The predicted molar refractivity (Wildman–Crippen MR) is 128 cm³/mol. The number of carbonyl (C=O) groups is 1. The van der Waals surface area contributed by atoms with Crippen molar-refractivity contribution in [3.8, 4) is 0 Å². The van der Waals surface area contributed by atoms with Gasteiger partial charge in [0.1, 0.15) is 5.76 Å². The highest BCUT2D eigenvalue weighted by atomic mass is 127. The molecular weight excluding hydrogens is 497 g/mol. The highest BCUT2D eigenvalue weighted by Crippen LogP contribution is 2.06. The zero-order valence-electron chi connectivity index (χ0n) is 17.8. The number of rotatable bonds is 7. The van der Waals surface area contributed by atoms with Crippen LogP contribution in [0.1, 0.15) is 12.7 Å². The molecular formula is C21H34IN5O3. The van der Waals surface area contributed by atoms with Gasteiger partial charge < -0.3 is 24.3 Å². The minimum absolute atomic E-state index is 0. The molecule has 9 heteroatoms. The molecule has 1 aromatic heterocycles. The van der Waals surface area contributed by atoms with Gasteiger partial charge >= 0.3 is 0 Å². The van der Waals surface area contributed by atoms with Crippen molar-refractivity contribution >= 4 is 35.8 Å². The van der Waals surface area contributed by atoms with E-state index in [0.29, 0.717) is 39.4 Å². The number of aliphatic imine (C=N–C) groups is 1. The van der Waals surface area contributed by atoms with E-state index >= 15 is 0 Å². The Morgan fingerprint density at radius 1 is 1.17 bits per heavy atom. The van der Waals surface area contributed by atoms with Crippen LogP contribution in [0.3, 0.4) is 0 Å². The van der Waals surface area contributed by atoms with Gasteiger partial charge in [-0.05, 0) is 19.1 Å². The summed E-state index contributed by atoms with van der Waals surface area (Å²) < 4.78 is 10.7. The van der Waals surface area contributed by atoms with E-state index < -0.39 is 0 Å². The third-order valence-electron chi connectivity index (χ3n) is 5.13. The Morgan fingerprint density at radius 3 is 2.53 bits per heavy atom. The SMILES string of the molecule is C=C(C)CN=C(NCCc1ccco1)N1CCN(CC(=O)N2CCOCC2)CC1.I. The van der Waals surface area contributed by atoms with Gasteiger partial charge in [0.05, 0.1) is 32.6 Å². The van der Waals surface area contributed by atoms with Crippen molar-refractivity contribution in [1.29, 1.82) is 0 Å². The minimum atomic E-state index is 0. The Balaban J connectivity index is 0.00000320. The van der Waals surface area contributed by atoms with Crippen LogP contribution in [0.5, 0.6) is 0 Å². The van der Waals surface area contributed by atoms with E-state index in [1.54, 1.807) is 6.26 Å². The summed E-state index contributed by atoms with van der Waals surface area (Å²) in [5.74, 6) is 2.07. The molecule has 2 aliphatic heterocycles. The number of morpholine rings is 1. The van der Waals surface area contributed by atoms with Crippen molar-refractivity contribution in [2.45, 2.75) is 13.3 Å². The summed E-state index contributed by atoms with van der Waals surface area (Å²) in [6.07, 6.45) is 2.51. The van der Waals surface area contributed by atoms with E-state index in [1.807, 2.05) is 24.0 Å². The third kappa shape index (κ3) is 7.92. The number of hydrogen-bond donors (Lipinski definition) is 1. The summed E-state index contributed by atoms with van der Waals surface area (Å²) in [5, 5.41) is 3.46. The summed E-state index contributed by atoms with van der Waals surface area (Å²) in [5.41, 5.74) is 1.03. The number of hydrogen-bond acceptors (Lipinski definition) is 5. The van der Waals surface area contributed by atoms with E-state index in [2.05, 4.69) is 21.7 Å². The van der Waals surface area contributed by atoms with Gasteiger partial charge in [-0.3, -0.25) is 9.69 Å². The highest BCUT2D eigenvalue weighted by molar-refractivity contribution is 14.0. The molecule has 0 unspecified atom stereocenters. The first-order valence-corrected chi connectivity index (χ1v) is 10.4. The van der Waals surface area contributed by atoms with E-state index in [1.165, 1.54) is 0 Å². The molecule has 8 nitrogen and oxygen atoms in total. The molecule has 1 aromatic rings. The zero-order valence-corrected chi connectivity index (χ0v) is 20.2. The number of nitrogens with one attached hydrogen (secondary N) is 1. The lowest BCUT2D eigenvalue weighted by Gasteiger charge is -2.37. The Hall–Kier alpha value is -1.59. The fourth-order valence-corrected chi connectivity index (χ4v) is 3.45. The molecule has 30 heavy (non-hydrogen) atoms. The van der Waals surface area contributed by atoms with Crippen molar-refractivity contribution in [1.82, 2.24) is 20.0 Å². The number of ether oxygens (including phenoxy) is 1. The van der Waals surface area contributed by atoms with Gasteiger partial charge in [-0.2, -0.15) is 0 Å². The summed E-state index contributed by atoms with van der Waals surface area (Å²) in [7, 11) is 0. The monoisotopic (exact) mass is 531 g/mol. The minimum Gasteiger partial charge on any atom is -0.469 e. The number of halogens is 1. The smallest absolute Gasteiger partial charge is 0.236 e. The zero-order chi connectivity index (χ0) is 20.5. The van der Waals surface area contributed by atoms with Gasteiger partial charge in [0.25, 0.3) is 0 Å². The lowest BCUT2D eigenvalue weighted by atomic mass is 10.3. The number of amides is 1. The average molecular weight is 531 g/mol. The van der Waals surface area contributed by atoms with Crippen molar-refractivity contribution in [2.75, 3.05) is 72.1 Å². The normalized spacial score (nSPS) is 18.1. The largest absolute Gasteiger partial charge is 0.469 e. The Labute approximate surface area is 196 Å². The molecule has 168 valence electrons. The molecule has 0 spiro atoms. The van der Waals surface area contributed by atoms with Gasteiger partial charge in [0, 0.05) is 52.2 Å². The molecule has 2 saturated heterocycles. The van der Waals surface area contributed by atoms with Gasteiger partial charge in [-0.1, -0.05) is 12.2 Å². The number of piperazine rings is 1. The molecule has 3 heterocycles. The van der Waals surface area contributed by atoms with Crippen molar-refractivity contribution in [3.63, 3.8) is 0 Å². The number of carbonyl (C=O) groups excluding carboxylic acids is 1. The molecule has 3 rings (SSSR count). The summed E-state index contributed by atoms with van der Waals surface area (Å²) in [6.45, 7) is 13.9. The summed E-state index contributed by atoms with van der Waals surface area (Å²) in [6, 6.07) is 3.89. The number of nitrogens with zero attached hydrogens (tertiary/aromatic N) is 4. The van der Waals surface area contributed by atoms with Crippen LogP contribution < -0.4 is 5.32 Å². The topological polar surface area (TPSA) is 73.6 Å². The molecule has 2 aliphatic rings. The number of guanidine groups is 1. The second kappa shape index (κ2) is 13.0. The fraction of sp³-hybridized carbons (Fsp3) is 0.619. The highest BCUT2D eigenvalue weighted by Gasteiger charge is 2.24. The van der Waals surface area contributed by atoms with Crippen LogP contribution in [-0.2, 0) is 16.0 Å². The van der Waals surface area contributed by atoms with Gasteiger partial charge in [-0.25, -0.2) is 4.99 Å². The second-order valence-electron chi connectivity index (χ2n) is 7.61. The van der Waals surface area contributed by atoms with Crippen molar-refractivity contribution in [3.05, 3.63) is 36.3 Å². The first-order chi connectivity index (χ1) is 14.1. The first-order valence-electron chi connectivity index (χ1n) is 10.4. The van der Waals surface area contributed by atoms with Crippen LogP contribution in [-0.4, -0.2) is 98.7 Å². The molecule has 1 N–H and O–H groups in total. The standard InChI is InChI=1S/C21H33N5O3.HI/c1-18(2)16-23-21(22-6-5-19-4-3-13-29-19)26-9-7-24(8-10-26)17-20(27)25-11-14-28-15-12-25;/h3-4,13H,1,5-12,14-17H2,2H3,(H,22,23);1H. The van der Waals surface area contributed by atoms with E-state index in [9.17, 15) is 4.79 Å². The van der Waals surface area contributed by atoms with Gasteiger partial charge in [0.15, 0.2) is 5.96 Å². The second-order valence-corrected chi connectivity index (χ2v) is 7.61. The van der Waals surface area contributed by atoms with Gasteiger partial charge in [0.2, 0.25) is 5.91 Å². The maximum atomic E-state index is 12.5. The van der Waals surface area contributed by atoms with Crippen LogP contribution in [0.25, 0.3) is 0 Å². The molecule has 0 saturated carbocycles. The molecule has 0 radical (unpaired) electrons. The molecule has 0 atom stereocenters. The lowest BCUT2D eigenvalue weighted by molar-refractivity contribution is -0.136. The molecule has 0 aliphatic carbocycles. The Morgan fingerprint density at radius 2 is 1.90 bits per heavy atom. The van der Waals surface area contributed by atoms with Gasteiger partial charge in [-0.15, -0.1) is 24.0 Å². The van der Waals surface area contributed by atoms with Crippen LogP contribution in [0.15, 0.2) is 40.0 Å². The Bertz CT molecular complexity index is 681. The van der Waals surface area contributed by atoms with E-state index in [0.717, 1.165) is 56.4 Å². The quantitative estimate of drug-likeness (QED) is 0.249. The van der Waals surface area contributed by atoms with Crippen LogP contribution in [0.2, 0.25) is 0 Å². The van der Waals surface area contributed by atoms with Crippen LogP contribution >= 0.6 is 24.0 Å². The van der Waals surface area contributed by atoms with Crippen molar-refractivity contribution < 1.29 is 13.9 Å². The molecule has 0 aromatic carbocycles. The van der Waals surface area contributed by atoms with Crippen molar-refractivity contribution in [2.24, 2.45) is 4.99 Å². The summed E-state index contributed by atoms with van der Waals surface area (Å²) >= 11 is 0. The van der Waals surface area contributed by atoms with Crippen LogP contribution in [0.4, 0.5) is 0 Å². The fourth-order valence-electron chi connectivity index (χ4n) is 3.45. The average Bonchev–Trinajstić information content (AvgIpc) is 3.25. The van der Waals surface area contributed by atoms with E-state index in [-0.39, 0.29) is 29.9 Å². The molecule has 2 fully saturated rings. The maximum absolute atomic E-state index is 12.5. The predicted octanol–water partition coefficient (Wildman–Crippen LogP) is 1.44. The number of furan rings is 1.